The lowest BCUT2D eigenvalue weighted by atomic mass is 10.0. The van der Waals surface area contributed by atoms with Crippen LogP contribution in [0.4, 0.5) is 0 Å². The largest absolute Gasteiger partial charge is 0.368 e. The normalized spacial score (nSPS) is 19.1. The van der Waals surface area contributed by atoms with Gasteiger partial charge < -0.3 is 21.7 Å². The fourth-order valence-electron chi connectivity index (χ4n) is 3.43. The molecular formula is C23H26N4O4. The van der Waals surface area contributed by atoms with Crippen molar-refractivity contribution in [3.8, 4) is 0 Å². The zero-order valence-electron chi connectivity index (χ0n) is 17.3. The highest BCUT2D eigenvalue weighted by atomic mass is 16.2. The van der Waals surface area contributed by atoms with Gasteiger partial charge in [0.05, 0.1) is 6.42 Å². The Labute approximate surface area is 180 Å². The molecule has 0 bridgehead atoms. The van der Waals surface area contributed by atoms with Crippen LogP contribution in [0.1, 0.15) is 23.1 Å². The molecule has 0 unspecified atom stereocenters. The summed E-state index contributed by atoms with van der Waals surface area (Å²) in [6.07, 6.45) is 0.314. The molecule has 2 aromatic rings. The molecule has 1 aliphatic heterocycles. The predicted molar refractivity (Wildman–Crippen MR) is 115 cm³/mol. The monoisotopic (exact) mass is 422 g/mol. The topological polar surface area (TPSA) is 130 Å². The van der Waals surface area contributed by atoms with E-state index in [2.05, 4.69) is 16.0 Å². The Kier molecular flexibility index (Phi) is 7.02. The molecule has 2 aromatic carbocycles. The Balaban J connectivity index is 1.55. The van der Waals surface area contributed by atoms with Crippen LogP contribution >= 0.6 is 0 Å². The summed E-state index contributed by atoms with van der Waals surface area (Å²) < 4.78 is 0. The molecule has 4 amide bonds. The van der Waals surface area contributed by atoms with Crippen LogP contribution < -0.4 is 21.7 Å². The fourth-order valence-corrected chi connectivity index (χ4v) is 3.43. The number of hydrogen-bond donors (Lipinski definition) is 4. The highest BCUT2D eigenvalue weighted by Gasteiger charge is 2.35. The molecule has 0 radical (unpaired) electrons. The van der Waals surface area contributed by atoms with E-state index in [0.717, 1.165) is 16.7 Å². The lowest BCUT2D eigenvalue weighted by Crippen LogP contribution is -2.63. The molecule has 5 N–H and O–H groups in total. The van der Waals surface area contributed by atoms with E-state index in [9.17, 15) is 19.2 Å². The van der Waals surface area contributed by atoms with E-state index in [4.69, 9.17) is 5.73 Å². The van der Waals surface area contributed by atoms with Gasteiger partial charge in [0.25, 0.3) is 0 Å². The third kappa shape index (κ3) is 6.15. The average molecular weight is 422 g/mol. The van der Waals surface area contributed by atoms with E-state index in [1.165, 1.54) is 0 Å². The molecule has 162 valence electrons. The van der Waals surface area contributed by atoms with Gasteiger partial charge in [-0.15, -0.1) is 0 Å². The summed E-state index contributed by atoms with van der Waals surface area (Å²) >= 11 is 0. The minimum Gasteiger partial charge on any atom is -0.368 e. The molecule has 0 aliphatic carbocycles. The summed E-state index contributed by atoms with van der Waals surface area (Å²) in [6, 6.07) is 14.2. The average Bonchev–Trinajstić information content (AvgIpc) is 2.73. The van der Waals surface area contributed by atoms with Crippen LogP contribution in [0.2, 0.25) is 0 Å². The predicted octanol–water partition coefficient (Wildman–Crippen LogP) is 0.124. The first-order valence-corrected chi connectivity index (χ1v) is 10.1. The molecule has 0 spiro atoms. The first kappa shape index (κ1) is 22.0. The maximum atomic E-state index is 12.4. The Morgan fingerprint density at radius 3 is 2.19 bits per heavy atom. The minimum absolute atomic E-state index is 0.240. The molecule has 1 fully saturated rings. The van der Waals surface area contributed by atoms with Gasteiger partial charge in [-0.25, -0.2) is 0 Å². The van der Waals surface area contributed by atoms with Crippen molar-refractivity contribution in [2.75, 3.05) is 0 Å². The van der Waals surface area contributed by atoms with E-state index in [1.807, 2.05) is 61.5 Å². The van der Waals surface area contributed by atoms with E-state index >= 15 is 0 Å². The summed E-state index contributed by atoms with van der Waals surface area (Å²) in [6.45, 7) is 1.95. The van der Waals surface area contributed by atoms with Crippen LogP contribution in [0.3, 0.4) is 0 Å². The van der Waals surface area contributed by atoms with Crippen LogP contribution in [0.5, 0.6) is 0 Å². The molecule has 1 heterocycles. The van der Waals surface area contributed by atoms with Crippen molar-refractivity contribution >= 4 is 23.6 Å². The highest BCUT2D eigenvalue weighted by molar-refractivity contribution is 5.99. The standard InChI is InChI=1S/C23H26N4O4/c1-14-7-9-16(10-8-14)11-17(21(24)29)25-20(28)13-19-23(31)26-18(22(30)27-19)12-15-5-3-2-4-6-15/h2-10,17-19H,11-13H2,1H3,(H2,24,29)(H,25,28)(H,26,31)(H,27,30)/t17-,18-,19-/m0/s1. The Morgan fingerprint density at radius 2 is 1.55 bits per heavy atom. The molecule has 3 atom stereocenters. The molecular weight excluding hydrogens is 396 g/mol. The summed E-state index contributed by atoms with van der Waals surface area (Å²) in [4.78, 5) is 49.1. The van der Waals surface area contributed by atoms with Crippen molar-refractivity contribution in [1.82, 2.24) is 16.0 Å². The zero-order chi connectivity index (χ0) is 22.4. The van der Waals surface area contributed by atoms with Gasteiger partial charge in [0.15, 0.2) is 0 Å². The third-order valence-electron chi connectivity index (χ3n) is 5.18. The maximum absolute atomic E-state index is 12.4. The highest BCUT2D eigenvalue weighted by Crippen LogP contribution is 2.10. The second kappa shape index (κ2) is 9.88. The molecule has 31 heavy (non-hydrogen) atoms. The van der Waals surface area contributed by atoms with Crippen LogP contribution in [-0.2, 0) is 32.0 Å². The first-order chi connectivity index (χ1) is 14.8. The number of nitrogens with one attached hydrogen (secondary N) is 3. The summed E-state index contributed by atoms with van der Waals surface area (Å²) in [7, 11) is 0. The molecule has 3 rings (SSSR count). The number of aryl methyl sites for hydroxylation is 1. The number of rotatable bonds is 8. The van der Waals surface area contributed by atoms with Gasteiger partial charge in [0.2, 0.25) is 23.6 Å². The number of piperazine rings is 1. The van der Waals surface area contributed by atoms with Gasteiger partial charge in [-0.05, 0) is 18.1 Å². The van der Waals surface area contributed by atoms with Crippen LogP contribution in [-0.4, -0.2) is 41.8 Å². The fraction of sp³-hybridized carbons (Fsp3) is 0.304. The summed E-state index contributed by atoms with van der Waals surface area (Å²) in [5.74, 6) is -2.01. The second-order valence-corrected chi connectivity index (χ2v) is 7.73. The van der Waals surface area contributed by atoms with Crippen molar-refractivity contribution in [3.05, 3.63) is 71.3 Å². The zero-order valence-corrected chi connectivity index (χ0v) is 17.3. The van der Waals surface area contributed by atoms with Crippen LogP contribution in [0.15, 0.2) is 54.6 Å². The quantitative estimate of drug-likeness (QED) is 0.481. The van der Waals surface area contributed by atoms with Gasteiger partial charge in [-0.2, -0.15) is 0 Å². The van der Waals surface area contributed by atoms with E-state index in [1.54, 1.807) is 0 Å². The molecule has 1 aliphatic rings. The number of benzene rings is 2. The number of carbonyl (C=O) groups is 4. The first-order valence-electron chi connectivity index (χ1n) is 10.1. The Hall–Kier alpha value is -3.68. The van der Waals surface area contributed by atoms with E-state index in [-0.39, 0.29) is 18.7 Å². The van der Waals surface area contributed by atoms with Crippen LogP contribution in [0.25, 0.3) is 0 Å². The molecule has 0 saturated carbocycles. The molecule has 8 nitrogen and oxygen atoms in total. The number of amides is 4. The van der Waals surface area contributed by atoms with Gasteiger partial charge >= 0.3 is 0 Å². The number of nitrogens with two attached hydrogens (primary N) is 1. The number of hydrogen-bond acceptors (Lipinski definition) is 4. The molecule has 8 heteroatoms. The summed E-state index contributed by atoms with van der Waals surface area (Å²) in [5.41, 5.74) is 8.28. The smallest absolute Gasteiger partial charge is 0.243 e. The number of carbonyl (C=O) groups excluding carboxylic acids is 4. The van der Waals surface area contributed by atoms with Crippen molar-refractivity contribution < 1.29 is 19.2 Å². The van der Waals surface area contributed by atoms with Crippen molar-refractivity contribution in [3.63, 3.8) is 0 Å². The van der Waals surface area contributed by atoms with E-state index in [0.29, 0.717) is 6.42 Å². The van der Waals surface area contributed by atoms with Gasteiger partial charge in [-0.1, -0.05) is 60.2 Å². The minimum atomic E-state index is -1.01. The van der Waals surface area contributed by atoms with Gasteiger partial charge in [-0.3, -0.25) is 19.2 Å². The molecule has 0 aromatic heterocycles. The second-order valence-electron chi connectivity index (χ2n) is 7.73. The van der Waals surface area contributed by atoms with Crippen molar-refractivity contribution in [1.29, 1.82) is 0 Å². The molecule has 1 saturated heterocycles. The number of primary amides is 1. The summed E-state index contributed by atoms with van der Waals surface area (Å²) in [5, 5.41) is 7.83. The van der Waals surface area contributed by atoms with E-state index < -0.39 is 35.8 Å². The van der Waals surface area contributed by atoms with Crippen molar-refractivity contribution in [2.45, 2.75) is 44.3 Å². The SMILES string of the molecule is Cc1ccc(C[C@H](NC(=O)C[C@@H]2NC(=O)[C@H](Cc3ccccc3)NC2=O)C(N)=O)cc1. The van der Waals surface area contributed by atoms with Gasteiger partial charge in [0.1, 0.15) is 18.1 Å². The Bertz CT molecular complexity index is 959. The van der Waals surface area contributed by atoms with Crippen LogP contribution in [0, 0.1) is 6.92 Å². The maximum Gasteiger partial charge on any atom is 0.243 e. The lowest BCUT2D eigenvalue weighted by Gasteiger charge is -2.29. The Morgan fingerprint density at radius 1 is 0.935 bits per heavy atom. The lowest BCUT2D eigenvalue weighted by molar-refractivity contribution is -0.138. The van der Waals surface area contributed by atoms with Gasteiger partial charge in [0, 0.05) is 12.8 Å². The third-order valence-corrected chi connectivity index (χ3v) is 5.18. The van der Waals surface area contributed by atoms with Crippen molar-refractivity contribution in [2.24, 2.45) is 5.73 Å².